The van der Waals surface area contributed by atoms with Gasteiger partial charge in [-0.15, -0.1) is 0 Å². The van der Waals surface area contributed by atoms with Gasteiger partial charge in [0.05, 0.1) is 13.2 Å². The highest BCUT2D eigenvalue weighted by Crippen LogP contribution is 2.39. The quantitative estimate of drug-likeness (QED) is 0.132. The van der Waals surface area contributed by atoms with Gasteiger partial charge in [-0.3, -0.25) is 0 Å². The van der Waals surface area contributed by atoms with Crippen molar-refractivity contribution >= 4 is 0 Å². The Balaban J connectivity index is 1.48. The van der Waals surface area contributed by atoms with Crippen LogP contribution in [0.5, 0.6) is 11.5 Å². The van der Waals surface area contributed by atoms with Crippen molar-refractivity contribution in [3.8, 4) is 11.5 Å². The molecule has 0 bridgehead atoms. The first-order valence-corrected chi connectivity index (χ1v) is 16.2. The van der Waals surface area contributed by atoms with Crippen LogP contribution in [0.3, 0.4) is 0 Å². The van der Waals surface area contributed by atoms with Crippen LogP contribution in [0.1, 0.15) is 72.2 Å². The lowest BCUT2D eigenvalue weighted by Gasteiger charge is -2.31. The van der Waals surface area contributed by atoms with Gasteiger partial charge < -0.3 is 19.7 Å². The minimum Gasteiger partial charge on any atom is -0.491 e. The third-order valence-corrected chi connectivity index (χ3v) is 9.04. The molecule has 0 aliphatic heterocycles. The monoisotopic (exact) mass is 614 g/mol. The van der Waals surface area contributed by atoms with Gasteiger partial charge in [-0.2, -0.15) is 0 Å². The second kappa shape index (κ2) is 14.8. The molecule has 2 N–H and O–H groups in total. The van der Waals surface area contributed by atoms with Crippen molar-refractivity contribution in [1.82, 2.24) is 0 Å². The molecular formula is C42H46O4. The van der Waals surface area contributed by atoms with Crippen LogP contribution in [-0.4, -0.2) is 36.6 Å². The van der Waals surface area contributed by atoms with E-state index in [0.29, 0.717) is 0 Å². The summed E-state index contributed by atoms with van der Waals surface area (Å²) >= 11 is 0. The van der Waals surface area contributed by atoms with Gasteiger partial charge in [0.15, 0.2) is 0 Å². The molecule has 238 valence electrons. The van der Waals surface area contributed by atoms with Crippen LogP contribution in [0.25, 0.3) is 0 Å². The van der Waals surface area contributed by atoms with E-state index in [1.165, 1.54) is 33.4 Å². The van der Waals surface area contributed by atoms with Crippen molar-refractivity contribution in [1.29, 1.82) is 0 Å². The molecule has 0 aliphatic rings. The van der Waals surface area contributed by atoms with E-state index in [1.807, 2.05) is 24.3 Å². The van der Waals surface area contributed by atoms with Gasteiger partial charge in [0.1, 0.15) is 24.7 Å². The Kier molecular flexibility index (Phi) is 10.6. The van der Waals surface area contributed by atoms with Gasteiger partial charge in [-0.1, -0.05) is 137 Å². The van der Waals surface area contributed by atoms with Gasteiger partial charge in [0.25, 0.3) is 0 Å². The Bertz CT molecular complexity index is 1580. The molecule has 46 heavy (non-hydrogen) atoms. The summed E-state index contributed by atoms with van der Waals surface area (Å²) in [5, 5.41) is 18.8. The van der Waals surface area contributed by atoms with Crippen LogP contribution < -0.4 is 9.47 Å². The van der Waals surface area contributed by atoms with E-state index in [-0.39, 0.29) is 37.3 Å². The highest BCUT2D eigenvalue weighted by molar-refractivity contribution is 5.50. The molecule has 5 aromatic carbocycles. The maximum atomic E-state index is 9.40. The summed E-state index contributed by atoms with van der Waals surface area (Å²) in [5.74, 6) is 1.62. The molecule has 0 saturated carbocycles. The number of aliphatic hydroxyl groups excluding tert-OH is 2. The minimum atomic E-state index is -0.270. The van der Waals surface area contributed by atoms with Gasteiger partial charge in [-0.25, -0.2) is 0 Å². The summed E-state index contributed by atoms with van der Waals surface area (Å²) < 4.78 is 11.9. The third-order valence-electron chi connectivity index (χ3n) is 9.04. The molecule has 4 nitrogen and oxygen atoms in total. The summed E-state index contributed by atoms with van der Waals surface area (Å²) in [6.07, 6.45) is 1.50. The number of hydrogen-bond donors (Lipinski definition) is 2. The Morgan fingerprint density at radius 1 is 0.457 bits per heavy atom. The Morgan fingerprint density at radius 2 is 0.848 bits per heavy atom. The predicted octanol–water partition coefficient (Wildman–Crippen LogP) is 8.26. The molecule has 0 fully saturated rings. The molecule has 0 amide bonds. The fourth-order valence-electron chi connectivity index (χ4n) is 6.07. The lowest BCUT2D eigenvalue weighted by molar-refractivity contribution is 0.200. The van der Waals surface area contributed by atoms with Crippen molar-refractivity contribution in [2.45, 2.75) is 51.4 Å². The summed E-state index contributed by atoms with van der Waals surface area (Å²) in [7, 11) is 0. The topological polar surface area (TPSA) is 58.9 Å². The van der Waals surface area contributed by atoms with Crippen LogP contribution >= 0.6 is 0 Å². The molecule has 0 aromatic heterocycles. The Morgan fingerprint density at radius 3 is 1.24 bits per heavy atom. The molecule has 5 rings (SSSR count). The first-order valence-electron chi connectivity index (χ1n) is 16.2. The smallest absolute Gasteiger partial charge is 0.122 e. The predicted molar refractivity (Wildman–Crippen MR) is 187 cm³/mol. The summed E-state index contributed by atoms with van der Waals surface area (Å²) in [6, 6.07) is 42.7. The van der Waals surface area contributed by atoms with Crippen molar-refractivity contribution in [3.05, 3.63) is 166 Å². The van der Waals surface area contributed by atoms with Crippen LogP contribution in [0, 0.1) is 0 Å². The summed E-state index contributed by atoms with van der Waals surface area (Å²) in [6.45, 7) is 9.60. The Labute approximate surface area is 274 Å². The molecular weight excluding hydrogens is 568 g/mol. The number of hydrogen-bond acceptors (Lipinski definition) is 4. The lowest BCUT2D eigenvalue weighted by Crippen LogP contribution is -2.23. The van der Waals surface area contributed by atoms with E-state index < -0.39 is 0 Å². The van der Waals surface area contributed by atoms with E-state index in [4.69, 9.17) is 9.47 Å². The van der Waals surface area contributed by atoms with Crippen molar-refractivity contribution in [2.24, 2.45) is 0 Å². The second-order valence-corrected chi connectivity index (χ2v) is 12.9. The van der Waals surface area contributed by atoms with Gasteiger partial charge in [0, 0.05) is 23.7 Å². The maximum Gasteiger partial charge on any atom is 0.122 e. The number of benzene rings is 5. The lowest BCUT2D eigenvalue weighted by atomic mass is 9.73. The maximum absolute atomic E-state index is 9.40. The molecule has 0 atom stereocenters. The van der Waals surface area contributed by atoms with E-state index in [9.17, 15) is 10.2 Å². The molecule has 5 aromatic rings. The van der Waals surface area contributed by atoms with Crippen LogP contribution in [0.4, 0.5) is 0 Å². The molecule has 4 heteroatoms. The van der Waals surface area contributed by atoms with Crippen LogP contribution in [-0.2, 0) is 23.7 Å². The van der Waals surface area contributed by atoms with Gasteiger partial charge in [-0.05, 0) is 56.6 Å². The zero-order chi connectivity index (χ0) is 32.6. The van der Waals surface area contributed by atoms with Crippen molar-refractivity contribution < 1.29 is 19.7 Å². The SMILES string of the molecule is CC(C)(c1cccc(C(C)(C)c2ccc(OCCO)c(Cc3ccccc3)c2)c1)c1ccc(OCCO)c(Cc2ccccc2)c1. The fraction of sp³-hybridized carbons (Fsp3) is 0.286. The van der Waals surface area contributed by atoms with E-state index >= 15 is 0 Å². The highest BCUT2D eigenvalue weighted by atomic mass is 16.5. The first kappa shape index (κ1) is 33.0. The largest absolute Gasteiger partial charge is 0.491 e. The normalized spacial score (nSPS) is 11.8. The van der Waals surface area contributed by atoms with Crippen molar-refractivity contribution in [3.63, 3.8) is 0 Å². The average Bonchev–Trinajstić information content (AvgIpc) is 3.08. The van der Waals surface area contributed by atoms with E-state index in [1.54, 1.807) is 0 Å². The third kappa shape index (κ3) is 7.70. The molecule has 0 spiro atoms. The zero-order valence-corrected chi connectivity index (χ0v) is 27.5. The standard InChI is InChI=1S/C42H46O4/c1-41(2,37-18-20-39(45-24-22-43)33(28-37)26-31-12-7-5-8-13-31)35-16-11-17-36(30-35)42(3,4)38-19-21-40(46-25-23-44)34(29-38)27-32-14-9-6-10-15-32/h5-21,28-30,43-44H,22-27H2,1-4H3. The molecule has 0 radical (unpaired) electrons. The second-order valence-electron chi connectivity index (χ2n) is 12.9. The van der Waals surface area contributed by atoms with Crippen LogP contribution in [0.2, 0.25) is 0 Å². The van der Waals surface area contributed by atoms with Gasteiger partial charge in [0.2, 0.25) is 0 Å². The van der Waals surface area contributed by atoms with Gasteiger partial charge >= 0.3 is 0 Å². The number of rotatable bonds is 14. The van der Waals surface area contributed by atoms with E-state index in [2.05, 4.69) is 125 Å². The minimum absolute atomic E-state index is 0.0211. The molecule has 0 heterocycles. The van der Waals surface area contributed by atoms with Crippen LogP contribution in [0.15, 0.2) is 121 Å². The number of ether oxygens (including phenoxy) is 2. The molecule has 0 saturated heterocycles. The van der Waals surface area contributed by atoms with Crippen molar-refractivity contribution in [2.75, 3.05) is 26.4 Å². The summed E-state index contributed by atoms with van der Waals surface area (Å²) in [4.78, 5) is 0. The number of aliphatic hydroxyl groups is 2. The first-order chi connectivity index (χ1) is 22.2. The molecule has 0 unspecified atom stereocenters. The zero-order valence-electron chi connectivity index (χ0n) is 27.5. The fourth-order valence-corrected chi connectivity index (χ4v) is 6.07. The Hall–Kier alpha value is -4.38. The highest BCUT2D eigenvalue weighted by Gasteiger charge is 2.29. The average molecular weight is 615 g/mol. The summed E-state index contributed by atoms with van der Waals surface area (Å²) in [5.41, 5.74) is 9.00. The van der Waals surface area contributed by atoms with E-state index in [0.717, 1.165) is 35.5 Å². The molecule has 0 aliphatic carbocycles.